The van der Waals surface area contributed by atoms with Crippen LogP contribution in [-0.4, -0.2) is 28.4 Å². The minimum Gasteiger partial charge on any atom is -0.393 e. The van der Waals surface area contributed by atoms with Gasteiger partial charge >= 0.3 is 0 Å². The highest BCUT2D eigenvalue weighted by Crippen LogP contribution is 2.17. The van der Waals surface area contributed by atoms with Crippen molar-refractivity contribution in [1.82, 2.24) is 4.90 Å². The third-order valence-corrected chi connectivity index (χ3v) is 2.96. The van der Waals surface area contributed by atoms with Gasteiger partial charge in [0.05, 0.1) is 10.9 Å². The van der Waals surface area contributed by atoms with E-state index in [2.05, 4.69) is 13.8 Å². The Morgan fingerprint density at radius 2 is 1.65 bits per heavy atom. The van der Waals surface area contributed by atoms with Crippen LogP contribution in [0.4, 0.5) is 0 Å². The lowest BCUT2D eigenvalue weighted by molar-refractivity contribution is -0.136. The van der Waals surface area contributed by atoms with Crippen LogP contribution in [0.1, 0.15) is 41.5 Å². The van der Waals surface area contributed by atoms with Gasteiger partial charge in [-0.3, -0.25) is 4.79 Å². The molecule has 0 saturated carbocycles. The van der Waals surface area contributed by atoms with Crippen LogP contribution in [0.3, 0.4) is 0 Å². The predicted octanol–water partition coefficient (Wildman–Crippen LogP) is 2.44. The number of nitrogens with two attached hydrogens (primary N) is 1. The summed E-state index contributed by atoms with van der Waals surface area (Å²) in [6.45, 7) is 13.0. The zero-order valence-electron chi connectivity index (χ0n) is 11.9. The van der Waals surface area contributed by atoms with Crippen molar-refractivity contribution in [2.75, 3.05) is 6.54 Å². The number of hydrogen-bond acceptors (Lipinski definition) is 2. The number of rotatable bonds is 6. The van der Waals surface area contributed by atoms with Crippen LogP contribution in [0.2, 0.25) is 0 Å². The maximum atomic E-state index is 12.5. The summed E-state index contributed by atoms with van der Waals surface area (Å²) in [4.78, 5) is 14.7. The fourth-order valence-electron chi connectivity index (χ4n) is 1.86. The molecule has 3 nitrogen and oxygen atoms in total. The van der Waals surface area contributed by atoms with Crippen molar-refractivity contribution in [2.45, 2.75) is 47.6 Å². The topological polar surface area (TPSA) is 46.3 Å². The second-order valence-electron chi connectivity index (χ2n) is 5.60. The molecule has 0 heterocycles. The lowest BCUT2D eigenvalue weighted by Gasteiger charge is -2.33. The number of thiocarbonyl (C=S) groups is 1. The van der Waals surface area contributed by atoms with E-state index in [1.807, 2.05) is 32.6 Å². The maximum absolute atomic E-state index is 12.5. The molecule has 2 N–H and O–H groups in total. The molecule has 100 valence electrons. The Balaban J connectivity index is 4.98. The van der Waals surface area contributed by atoms with Gasteiger partial charge in [0.1, 0.15) is 0 Å². The molecule has 0 aromatic carbocycles. The maximum Gasteiger partial charge on any atom is 0.233 e. The van der Waals surface area contributed by atoms with E-state index in [0.717, 1.165) is 6.54 Å². The van der Waals surface area contributed by atoms with Crippen molar-refractivity contribution in [3.8, 4) is 0 Å². The second-order valence-corrected chi connectivity index (χ2v) is 6.07. The molecule has 0 radical (unpaired) electrons. The number of amides is 1. The van der Waals surface area contributed by atoms with E-state index in [0.29, 0.717) is 10.9 Å². The van der Waals surface area contributed by atoms with Gasteiger partial charge in [-0.2, -0.15) is 0 Å². The van der Waals surface area contributed by atoms with Crippen molar-refractivity contribution >= 4 is 23.1 Å². The first-order chi connectivity index (χ1) is 7.68. The van der Waals surface area contributed by atoms with E-state index in [1.165, 1.54) is 0 Å². The molecule has 0 rings (SSSR count). The molecule has 0 aromatic rings. The zero-order chi connectivity index (χ0) is 13.7. The van der Waals surface area contributed by atoms with Crippen molar-refractivity contribution in [3.05, 3.63) is 0 Å². The summed E-state index contributed by atoms with van der Waals surface area (Å²) in [5.41, 5.74) is 5.69. The number of carbonyl (C=O) groups is 1. The van der Waals surface area contributed by atoms with Gasteiger partial charge in [-0.15, -0.1) is 0 Å². The normalized spacial score (nSPS) is 13.2. The van der Waals surface area contributed by atoms with Gasteiger partial charge in [-0.05, 0) is 25.7 Å². The van der Waals surface area contributed by atoms with Crippen molar-refractivity contribution < 1.29 is 4.79 Å². The van der Waals surface area contributed by atoms with Crippen LogP contribution >= 0.6 is 12.2 Å². The average molecular weight is 258 g/mol. The highest BCUT2D eigenvalue weighted by Gasteiger charge is 2.30. The van der Waals surface area contributed by atoms with Gasteiger partial charge in [0.25, 0.3) is 0 Å². The summed E-state index contributed by atoms with van der Waals surface area (Å²) in [6.07, 6.45) is 0. The lowest BCUT2D eigenvalue weighted by atomic mass is 9.93. The van der Waals surface area contributed by atoms with Crippen LogP contribution < -0.4 is 5.73 Å². The fourth-order valence-corrected chi connectivity index (χ4v) is 2.24. The summed E-state index contributed by atoms with van der Waals surface area (Å²) in [5, 5.41) is 0. The predicted molar refractivity (Wildman–Crippen MR) is 76.8 cm³/mol. The van der Waals surface area contributed by atoms with Gasteiger partial charge < -0.3 is 10.6 Å². The monoisotopic (exact) mass is 258 g/mol. The Morgan fingerprint density at radius 1 is 1.18 bits per heavy atom. The first-order valence-electron chi connectivity index (χ1n) is 6.28. The van der Waals surface area contributed by atoms with E-state index in [-0.39, 0.29) is 23.8 Å². The third kappa shape index (κ3) is 5.02. The highest BCUT2D eigenvalue weighted by atomic mass is 32.1. The first kappa shape index (κ1) is 16.4. The lowest BCUT2D eigenvalue weighted by Crippen LogP contribution is -2.47. The van der Waals surface area contributed by atoms with Crippen LogP contribution in [0.25, 0.3) is 0 Å². The molecule has 1 atom stereocenters. The molecular weight excluding hydrogens is 232 g/mol. The quantitative estimate of drug-likeness (QED) is 0.744. The standard InChI is InChI=1S/C13H26N2OS/c1-8(2)7-15(10(5)6)13(16)11(9(3)4)12(14)17/h8-11H,7H2,1-6H3,(H2,14,17). The molecule has 1 amide bonds. The van der Waals surface area contributed by atoms with Gasteiger partial charge in [0.15, 0.2) is 0 Å². The minimum atomic E-state index is -0.342. The Morgan fingerprint density at radius 3 is 1.88 bits per heavy atom. The van der Waals surface area contributed by atoms with Gasteiger partial charge in [-0.25, -0.2) is 0 Å². The Bertz CT molecular complexity index is 275. The number of carbonyl (C=O) groups excluding carboxylic acids is 1. The molecular formula is C13H26N2OS. The second kappa shape index (κ2) is 6.94. The molecule has 0 bridgehead atoms. The summed E-state index contributed by atoms with van der Waals surface area (Å²) in [6, 6.07) is 0.181. The summed E-state index contributed by atoms with van der Waals surface area (Å²) in [5.74, 6) is 0.316. The molecule has 0 aliphatic rings. The van der Waals surface area contributed by atoms with Crippen LogP contribution in [0, 0.1) is 17.8 Å². The van der Waals surface area contributed by atoms with E-state index in [1.54, 1.807) is 0 Å². The first-order valence-corrected chi connectivity index (χ1v) is 6.69. The van der Waals surface area contributed by atoms with E-state index < -0.39 is 0 Å². The van der Waals surface area contributed by atoms with E-state index in [9.17, 15) is 4.79 Å². The molecule has 0 saturated heterocycles. The SMILES string of the molecule is CC(C)CN(C(=O)C(C(N)=S)C(C)C)C(C)C. The van der Waals surface area contributed by atoms with Crippen molar-refractivity contribution in [3.63, 3.8) is 0 Å². The zero-order valence-corrected chi connectivity index (χ0v) is 12.7. The smallest absolute Gasteiger partial charge is 0.233 e. The largest absolute Gasteiger partial charge is 0.393 e. The van der Waals surface area contributed by atoms with Crippen molar-refractivity contribution in [2.24, 2.45) is 23.5 Å². The molecule has 0 aromatic heterocycles. The third-order valence-electron chi connectivity index (χ3n) is 2.71. The molecule has 17 heavy (non-hydrogen) atoms. The summed E-state index contributed by atoms with van der Waals surface area (Å²) < 4.78 is 0. The molecule has 0 fully saturated rings. The molecule has 0 spiro atoms. The van der Waals surface area contributed by atoms with E-state index >= 15 is 0 Å². The number of nitrogens with zero attached hydrogens (tertiary/aromatic N) is 1. The van der Waals surface area contributed by atoms with Crippen LogP contribution in [0.5, 0.6) is 0 Å². The van der Waals surface area contributed by atoms with E-state index in [4.69, 9.17) is 18.0 Å². The van der Waals surface area contributed by atoms with Crippen LogP contribution in [0.15, 0.2) is 0 Å². The van der Waals surface area contributed by atoms with Crippen molar-refractivity contribution in [1.29, 1.82) is 0 Å². The van der Waals surface area contributed by atoms with Gasteiger partial charge in [-0.1, -0.05) is 39.9 Å². The number of hydrogen-bond donors (Lipinski definition) is 1. The fraction of sp³-hybridized carbons (Fsp3) is 0.846. The van der Waals surface area contributed by atoms with Crippen LogP contribution in [-0.2, 0) is 4.79 Å². The Hall–Kier alpha value is -0.640. The summed E-state index contributed by atoms with van der Waals surface area (Å²) in [7, 11) is 0. The Kier molecular flexibility index (Phi) is 6.68. The molecule has 4 heteroatoms. The van der Waals surface area contributed by atoms with Gasteiger partial charge in [0.2, 0.25) is 5.91 Å². The molecule has 0 aliphatic carbocycles. The highest BCUT2D eigenvalue weighted by molar-refractivity contribution is 7.80. The molecule has 1 unspecified atom stereocenters. The Labute approximate surface area is 111 Å². The summed E-state index contributed by atoms with van der Waals surface area (Å²) >= 11 is 5.02. The average Bonchev–Trinajstić information content (AvgIpc) is 2.11. The molecule has 0 aliphatic heterocycles. The van der Waals surface area contributed by atoms with Gasteiger partial charge in [0, 0.05) is 12.6 Å². The minimum absolute atomic E-state index is 0.0659.